The van der Waals surface area contributed by atoms with Gasteiger partial charge < -0.3 is 14.6 Å². The fourth-order valence-electron chi connectivity index (χ4n) is 8.70. The van der Waals surface area contributed by atoms with Crippen LogP contribution in [-0.4, -0.2) is 40.8 Å². The van der Waals surface area contributed by atoms with Gasteiger partial charge in [0.2, 0.25) is 0 Å². The van der Waals surface area contributed by atoms with Crippen LogP contribution in [0, 0.1) is 45.8 Å². The Balaban J connectivity index is 1.29. The second-order valence-corrected chi connectivity index (χ2v) is 12.9. The van der Waals surface area contributed by atoms with E-state index in [9.17, 15) is 14.7 Å². The molecule has 5 saturated carbocycles. The summed E-state index contributed by atoms with van der Waals surface area (Å²) in [6.45, 7) is 10.2. The van der Waals surface area contributed by atoms with Gasteiger partial charge in [-0.05, 0) is 76.5 Å². The Kier molecular flexibility index (Phi) is 3.62. The molecule has 5 heteroatoms. The molecule has 11 atom stereocenters. The number of epoxide rings is 1. The number of Topliss-reactive ketones (excluding diaryl/α,β-unsaturated/α-hetero) is 1. The summed E-state index contributed by atoms with van der Waals surface area (Å²) in [5.41, 5.74) is -1.12. The maximum atomic E-state index is 13.0. The number of carbonyl (C=O) groups is 2. The van der Waals surface area contributed by atoms with Crippen LogP contribution < -0.4 is 0 Å². The van der Waals surface area contributed by atoms with E-state index in [0.717, 1.165) is 32.1 Å². The van der Waals surface area contributed by atoms with E-state index in [1.807, 2.05) is 20.8 Å². The van der Waals surface area contributed by atoms with Crippen molar-refractivity contribution < 1.29 is 24.2 Å². The molecule has 1 heterocycles. The van der Waals surface area contributed by atoms with Gasteiger partial charge in [-0.1, -0.05) is 13.8 Å². The summed E-state index contributed by atoms with van der Waals surface area (Å²) in [7, 11) is 0. The van der Waals surface area contributed by atoms with Crippen molar-refractivity contribution in [3.63, 3.8) is 0 Å². The molecule has 166 valence electrons. The first-order valence-corrected chi connectivity index (χ1v) is 12.1. The normalized spacial score (nSPS) is 58.0. The summed E-state index contributed by atoms with van der Waals surface area (Å²) in [6.07, 6.45) is 4.71. The summed E-state index contributed by atoms with van der Waals surface area (Å²) < 4.78 is 12.3. The number of ether oxygens (including phenoxy) is 2. The second kappa shape index (κ2) is 5.51. The van der Waals surface area contributed by atoms with E-state index >= 15 is 0 Å². The molecule has 5 aliphatic carbocycles. The van der Waals surface area contributed by atoms with Crippen molar-refractivity contribution in [2.45, 2.75) is 97.1 Å². The van der Waals surface area contributed by atoms with Gasteiger partial charge >= 0.3 is 5.97 Å². The Labute approximate surface area is 179 Å². The van der Waals surface area contributed by atoms with Crippen LogP contribution >= 0.6 is 0 Å². The van der Waals surface area contributed by atoms with Crippen LogP contribution in [0.3, 0.4) is 0 Å². The Morgan fingerprint density at radius 1 is 1.20 bits per heavy atom. The van der Waals surface area contributed by atoms with Gasteiger partial charge in [0.15, 0.2) is 0 Å². The molecule has 3 unspecified atom stereocenters. The van der Waals surface area contributed by atoms with E-state index in [2.05, 4.69) is 13.8 Å². The third kappa shape index (κ3) is 2.17. The molecule has 1 N–H and O–H groups in total. The molecule has 0 amide bonds. The number of aliphatic hydroxyl groups is 1. The van der Waals surface area contributed by atoms with Crippen molar-refractivity contribution in [1.29, 1.82) is 0 Å². The number of fused-ring (bicyclic) bond motifs is 6. The first kappa shape index (κ1) is 19.7. The van der Waals surface area contributed by atoms with Crippen LogP contribution in [0.15, 0.2) is 0 Å². The Hall–Kier alpha value is -0.940. The molecule has 1 aliphatic heterocycles. The van der Waals surface area contributed by atoms with E-state index in [4.69, 9.17) is 9.47 Å². The molecular weight excluding hydrogens is 380 g/mol. The first-order chi connectivity index (χ1) is 13.9. The smallest absolute Gasteiger partial charge is 0.311 e. The van der Waals surface area contributed by atoms with Gasteiger partial charge in [0, 0.05) is 23.2 Å². The van der Waals surface area contributed by atoms with Crippen LogP contribution in [0.2, 0.25) is 0 Å². The molecule has 6 fully saturated rings. The fraction of sp³-hybridized carbons (Fsp3) is 0.920. The number of esters is 1. The quantitative estimate of drug-likeness (QED) is 0.523. The maximum Gasteiger partial charge on any atom is 0.311 e. The number of ketones is 1. The number of hydrogen-bond donors (Lipinski definition) is 1. The van der Waals surface area contributed by atoms with Crippen LogP contribution in [0.4, 0.5) is 0 Å². The highest BCUT2D eigenvalue weighted by molar-refractivity contribution is 5.92. The topological polar surface area (TPSA) is 76.1 Å². The fourth-order valence-corrected chi connectivity index (χ4v) is 8.70. The standard InChI is InChI=1S/C25H36O5/c1-22(2,3)21(28)29-12-6-9-24(5)15-7-8-23(4)17(13-10-14(13)19(23)27)16(15)18(26)20-25(24,11-12)30-20/h12-18,20,26H,6-11H2,1-5H3/t12-,13+,14-,15?,16?,17?,18+,20+,23-,24+,25+/m0/s1. The number of rotatable bonds is 1. The van der Waals surface area contributed by atoms with Crippen molar-refractivity contribution >= 4 is 11.8 Å². The molecule has 6 rings (SSSR count). The highest BCUT2D eigenvalue weighted by atomic mass is 16.6. The molecular formula is C25H36O5. The molecule has 5 nitrogen and oxygen atoms in total. The Morgan fingerprint density at radius 3 is 2.63 bits per heavy atom. The summed E-state index contributed by atoms with van der Waals surface area (Å²) in [6, 6.07) is 0. The minimum atomic E-state index is -0.511. The average Bonchev–Trinajstić information content (AvgIpc) is 3.56. The van der Waals surface area contributed by atoms with Gasteiger partial charge in [0.25, 0.3) is 0 Å². The third-order valence-corrected chi connectivity index (χ3v) is 10.4. The Bertz CT molecular complexity index is 830. The van der Waals surface area contributed by atoms with Gasteiger partial charge in [-0.25, -0.2) is 0 Å². The van der Waals surface area contributed by atoms with Gasteiger partial charge in [-0.2, -0.15) is 0 Å². The molecule has 0 aromatic rings. The van der Waals surface area contributed by atoms with Gasteiger partial charge in [0.05, 0.1) is 11.5 Å². The van der Waals surface area contributed by atoms with Crippen molar-refractivity contribution in [3.8, 4) is 0 Å². The lowest BCUT2D eigenvalue weighted by atomic mass is 9.43. The minimum Gasteiger partial charge on any atom is -0.462 e. The lowest BCUT2D eigenvalue weighted by molar-refractivity contribution is -0.174. The molecule has 1 saturated heterocycles. The van der Waals surface area contributed by atoms with Gasteiger partial charge in [0.1, 0.15) is 23.6 Å². The lowest BCUT2D eigenvalue weighted by Gasteiger charge is -2.59. The molecule has 0 aromatic carbocycles. The van der Waals surface area contributed by atoms with E-state index in [-0.39, 0.29) is 46.4 Å². The number of carbonyl (C=O) groups excluding carboxylic acids is 2. The van der Waals surface area contributed by atoms with Crippen LogP contribution in [0.25, 0.3) is 0 Å². The first-order valence-electron chi connectivity index (χ1n) is 12.1. The lowest BCUT2D eigenvalue weighted by Crippen LogP contribution is -2.63. The third-order valence-electron chi connectivity index (χ3n) is 10.4. The molecule has 6 aliphatic rings. The van der Waals surface area contributed by atoms with Gasteiger partial charge in [-0.3, -0.25) is 9.59 Å². The predicted molar refractivity (Wildman–Crippen MR) is 109 cm³/mol. The molecule has 1 spiro atoms. The van der Waals surface area contributed by atoms with Crippen LogP contribution in [-0.2, 0) is 19.1 Å². The monoisotopic (exact) mass is 416 g/mol. The maximum absolute atomic E-state index is 13.0. The summed E-state index contributed by atoms with van der Waals surface area (Å²) in [5, 5.41) is 11.5. The van der Waals surface area contributed by atoms with Crippen molar-refractivity contribution in [1.82, 2.24) is 0 Å². The SMILES string of the molecule is CC(C)(C)C(=O)O[C@H]1CC[C@]2(C)C3CC[C@]4(C)C(=O)[C@H]5C[C@H]5C4C3[C@@H](O)[C@H]3O[C@]32C1. The minimum absolute atomic E-state index is 0.0104. The highest BCUT2D eigenvalue weighted by Crippen LogP contribution is 2.76. The summed E-state index contributed by atoms with van der Waals surface area (Å²) in [5.74, 6) is 1.94. The van der Waals surface area contributed by atoms with E-state index < -0.39 is 11.5 Å². The van der Waals surface area contributed by atoms with E-state index in [0.29, 0.717) is 30.0 Å². The highest BCUT2D eigenvalue weighted by Gasteiger charge is 2.81. The molecule has 30 heavy (non-hydrogen) atoms. The number of aliphatic hydroxyl groups excluding tert-OH is 1. The predicted octanol–water partition coefficient (Wildman–Crippen LogP) is 3.51. The second-order valence-electron chi connectivity index (χ2n) is 12.9. The van der Waals surface area contributed by atoms with Crippen molar-refractivity contribution in [2.75, 3.05) is 0 Å². The van der Waals surface area contributed by atoms with Crippen LogP contribution in [0.5, 0.6) is 0 Å². The zero-order valence-corrected chi connectivity index (χ0v) is 18.9. The van der Waals surface area contributed by atoms with Crippen molar-refractivity contribution in [2.24, 2.45) is 45.8 Å². The zero-order valence-electron chi connectivity index (χ0n) is 18.9. The van der Waals surface area contributed by atoms with Gasteiger partial charge in [-0.15, -0.1) is 0 Å². The van der Waals surface area contributed by atoms with Crippen molar-refractivity contribution in [3.05, 3.63) is 0 Å². The average molecular weight is 417 g/mol. The summed E-state index contributed by atoms with van der Waals surface area (Å²) in [4.78, 5) is 25.5. The molecule has 0 aromatic heterocycles. The zero-order chi connectivity index (χ0) is 21.4. The van der Waals surface area contributed by atoms with Crippen LogP contribution in [0.1, 0.15) is 73.1 Å². The van der Waals surface area contributed by atoms with E-state index in [1.54, 1.807) is 0 Å². The van der Waals surface area contributed by atoms with E-state index in [1.165, 1.54) is 0 Å². The largest absolute Gasteiger partial charge is 0.462 e. The summed E-state index contributed by atoms with van der Waals surface area (Å²) >= 11 is 0. The molecule has 0 radical (unpaired) electrons. The molecule has 0 bridgehead atoms. The Morgan fingerprint density at radius 2 is 1.93 bits per heavy atom. The number of hydrogen-bond acceptors (Lipinski definition) is 5.